The molecule has 0 fully saturated rings. The topological polar surface area (TPSA) is 0 Å². The molecule has 0 aromatic heterocycles. The average Bonchev–Trinajstić information content (AvgIpc) is 2.48. The van der Waals surface area contributed by atoms with Gasteiger partial charge in [0.25, 0.3) is 0 Å². The molecule has 0 N–H and O–H groups in total. The van der Waals surface area contributed by atoms with E-state index < -0.39 is 26.5 Å². The molecule has 0 aliphatic rings. The summed E-state index contributed by atoms with van der Waals surface area (Å²) in [6.45, 7) is 16.3. The molecule has 0 atom stereocenters. The predicted octanol–water partition coefficient (Wildman–Crippen LogP) is 8.12. The fourth-order valence-electron chi connectivity index (χ4n) is 3.84. The molecule has 0 bridgehead atoms. The van der Waals surface area contributed by atoms with Crippen molar-refractivity contribution in [2.45, 2.75) is 109 Å². The quantitative estimate of drug-likeness (QED) is 0.181. The molecule has 0 heterocycles. The van der Waals surface area contributed by atoms with Crippen LogP contribution in [0.25, 0.3) is 0 Å². The third-order valence-corrected chi connectivity index (χ3v) is 24.7. The molecule has 0 amide bonds. The Hall–Kier alpha value is 0.756. The van der Waals surface area contributed by atoms with Crippen LogP contribution in [0.5, 0.6) is 0 Å². The van der Waals surface area contributed by atoms with Crippen LogP contribution in [0, 0.1) is 0 Å². The van der Waals surface area contributed by atoms with E-state index in [1.165, 1.54) is 44.6 Å². The van der Waals surface area contributed by atoms with Gasteiger partial charge in [-0.05, 0) is 0 Å². The van der Waals surface area contributed by atoms with Gasteiger partial charge in [-0.15, -0.1) is 0 Å². The summed E-state index contributed by atoms with van der Waals surface area (Å²) in [4.78, 5) is 0. The molecule has 0 aliphatic heterocycles. The van der Waals surface area contributed by atoms with E-state index in [0.717, 1.165) is 0 Å². The molecule has 0 nitrogen and oxygen atoms in total. The first kappa shape index (κ1) is 22.8. The molecule has 0 spiro atoms. The van der Waals surface area contributed by atoms with Gasteiger partial charge in [-0.25, -0.2) is 0 Å². The van der Waals surface area contributed by atoms with E-state index in [9.17, 15) is 0 Å². The second-order valence-corrected chi connectivity index (χ2v) is 27.8. The number of hydrogen-bond donors (Lipinski definition) is 0. The zero-order valence-electron chi connectivity index (χ0n) is 16.5. The summed E-state index contributed by atoms with van der Waals surface area (Å²) in [5, 5.41) is 0. The van der Waals surface area contributed by atoms with Crippen molar-refractivity contribution in [3.8, 4) is 0 Å². The van der Waals surface area contributed by atoms with Crippen LogP contribution < -0.4 is 0 Å². The van der Waals surface area contributed by atoms with Gasteiger partial charge in [0, 0.05) is 0 Å². The first-order chi connectivity index (χ1) is 10.4. The Morgan fingerprint density at radius 3 is 1.55 bits per heavy atom. The van der Waals surface area contributed by atoms with Crippen molar-refractivity contribution >= 4 is 26.5 Å². The summed E-state index contributed by atoms with van der Waals surface area (Å²) in [5.41, 5.74) is 0. The Balaban J connectivity index is 4.66. The molecule has 0 saturated carbocycles. The number of hydrogen-bond acceptors (Lipinski definition) is 0. The van der Waals surface area contributed by atoms with E-state index in [1.54, 1.807) is 30.2 Å². The summed E-state index contributed by atoms with van der Waals surface area (Å²) in [7, 11) is -0.981. The zero-order chi connectivity index (χ0) is 16.9. The van der Waals surface area contributed by atoms with E-state index >= 15 is 0 Å². The van der Waals surface area contributed by atoms with Crippen molar-refractivity contribution in [2.75, 3.05) is 0 Å². The maximum absolute atomic E-state index is 3.97. The van der Waals surface area contributed by atoms with Crippen LogP contribution in [0.4, 0.5) is 0 Å². The standard InChI is InChI=1S/C8H17Si.3C4H9.Sn/c1-5-7-9(3,4)8-6-2;3*1-3-4-2;/h5H,1-2,6-8H2,3-4H3;3*1,3-4H2,2H3;. The average molecular weight is 431 g/mol. The van der Waals surface area contributed by atoms with Gasteiger partial charge in [0.1, 0.15) is 0 Å². The SMILES string of the molecule is C=CC[Si](C)(C)CC[CH2][Sn]([CH2]CCC)([CH2]CCC)[CH2]CCC. The van der Waals surface area contributed by atoms with Crippen LogP contribution in [0.3, 0.4) is 0 Å². The predicted molar refractivity (Wildman–Crippen MR) is 112 cm³/mol. The molecule has 0 aromatic rings. The molecule has 0 aliphatic carbocycles. The van der Waals surface area contributed by atoms with Gasteiger partial charge in [0.05, 0.1) is 0 Å². The van der Waals surface area contributed by atoms with Gasteiger partial charge in [0.2, 0.25) is 0 Å². The van der Waals surface area contributed by atoms with Gasteiger partial charge in [-0.1, -0.05) is 0 Å². The molecule has 132 valence electrons. The van der Waals surface area contributed by atoms with Crippen LogP contribution in [-0.4, -0.2) is 26.5 Å². The van der Waals surface area contributed by atoms with Gasteiger partial charge in [-0.3, -0.25) is 0 Å². The van der Waals surface area contributed by atoms with Crippen LogP contribution in [0.2, 0.25) is 42.9 Å². The van der Waals surface area contributed by atoms with Crippen molar-refractivity contribution in [1.82, 2.24) is 0 Å². The van der Waals surface area contributed by atoms with Gasteiger partial charge < -0.3 is 0 Å². The van der Waals surface area contributed by atoms with Crippen LogP contribution >= 0.6 is 0 Å². The van der Waals surface area contributed by atoms with E-state index in [1.807, 2.05) is 0 Å². The van der Waals surface area contributed by atoms with Crippen LogP contribution in [0.1, 0.15) is 65.7 Å². The Labute approximate surface area is 147 Å². The zero-order valence-corrected chi connectivity index (χ0v) is 20.3. The van der Waals surface area contributed by atoms with Crippen LogP contribution in [-0.2, 0) is 0 Å². The van der Waals surface area contributed by atoms with Gasteiger partial charge in [0.15, 0.2) is 0 Å². The van der Waals surface area contributed by atoms with Crippen molar-refractivity contribution < 1.29 is 0 Å². The Kier molecular flexibility index (Phi) is 13.5. The molecule has 0 aromatic carbocycles. The second kappa shape index (κ2) is 13.1. The summed E-state index contributed by atoms with van der Waals surface area (Å²) in [6, 6.07) is 2.86. The van der Waals surface area contributed by atoms with E-state index in [-0.39, 0.29) is 0 Å². The number of allylic oxidation sites excluding steroid dienone is 1. The monoisotopic (exact) mass is 432 g/mol. The number of rotatable bonds is 15. The Bertz CT molecular complexity index is 251. The first-order valence-corrected chi connectivity index (χ1v) is 21.5. The fourth-order valence-corrected chi connectivity index (χ4v) is 23.3. The third-order valence-electron chi connectivity index (χ3n) is 5.44. The third kappa shape index (κ3) is 10.5. The van der Waals surface area contributed by atoms with E-state index in [4.69, 9.17) is 0 Å². The normalized spacial score (nSPS) is 12.6. The van der Waals surface area contributed by atoms with Crippen LogP contribution in [0.15, 0.2) is 12.7 Å². The fraction of sp³-hybridized carbons (Fsp3) is 0.900. The van der Waals surface area contributed by atoms with E-state index in [0.29, 0.717) is 0 Å². The first-order valence-electron chi connectivity index (χ1n) is 10.1. The van der Waals surface area contributed by atoms with Crippen molar-refractivity contribution in [2.24, 2.45) is 0 Å². The van der Waals surface area contributed by atoms with Crippen molar-refractivity contribution in [1.29, 1.82) is 0 Å². The molecule has 0 unspecified atom stereocenters. The van der Waals surface area contributed by atoms with Crippen molar-refractivity contribution in [3.05, 3.63) is 12.7 Å². The Morgan fingerprint density at radius 1 is 0.773 bits per heavy atom. The second-order valence-electron chi connectivity index (χ2n) is 8.32. The minimum atomic E-state index is -1.83. The maximum atomic E-state index is 3.97. The van der Waals surface area contributed by atoms with Crippen molar-refractivity contribution in [3.63, 3.8) is 0 Å². The summed E-state index contributed by atoms with van der Waals surface area (Å²) >= 11 is -1.83. The molecular weight excluding hydrogens is 387 g/mol. The summed E-state index contributed by atoms with van der Waals surface area (Å²) < 4.78 is 6.76. The summed E-state index contributed by atoms with van der Waals surface area (Å²) in [6.07, 6.45) is 12.5. The molecule has 22 heavy (non-hydrogen) atoms. The molecule has 0 rings (SSSR count). The van der Waals surface area contributed by atoms with E-state index in [2.05, 4.69) is 46.5 Å². The molecular formula is C20H44SiSn. The molecule has 2 heteroatoms. The molecule has 0 radical (unpaired) electrons. The molecule has 0 saturated heterocycles. The van der Waals surface area contributed by atoms with Gasteiger partial charge in [-0.2, -0.15) is 0 Å². The minimum absolute atomic E-state index is 0.981. The number of unbranched alkanes of at least 4 members (excludes halogenated alkanes) is 3. The summed E-state index contributed by atoms with van der Waals surface area (Å²) in [5.74, 6) is 0. The Morgan fingerprint density at radius 2 is 1.18 bits per heavy atom. The van der Waals surface area contributed by atoms with Gasteiger partial charge >= 0.3 is 148 Å².